The van der Waals surface area contributed by atoms with Gasteiger partial charge in [-0.1, -0.05) is 66.2 Å². The maximum Gasteiger partial charge on any atom is 0.0209 e. The molecule has 1 N–H and O–H groups in total. The third kappa shape index (κ3) is 3.80. The summed E-state index contributed by atoms with van der Waals surface area (Å²) in [5.41, 5.74) is 0.861. The van der Waals surface area contributed by atoms with Crippen LogP contribution in [0, 0.1) is 11.8 Å². The van der Waals surface area contributed by atoms with E-state index in [2.05, 4.69) is 33.0 Å². The van der Waals surface area contributed by atoms with Crippen LogP contribution in [-0.2, 0) is 0 Å². The Hall–Kier alpha value is 0.440. The van der Waals surface area contributed by atoms with Crippen LogP contribution in [0.4, 0.5) is 0 Å². The standard InChI is InChI=1S/C18H35N.BrH/c1-15(2)17(11-7-5-8-12-17)19-18(16(3)4)13-9-6-10-14-18;/h15-16,19H,5-14H2,1-4H3;1H. The first-order valence-electron chi connectivity index (χ1n) is 8.80. The summed E-state index contributed by atoms with van der Waals surface area (Å²) in [5, 5.41) is 4.28. The molecular formula is C18H36BrN. The van der Waals surface area contributed by atoms with Crippen molar-refractivity contribution in [2.24, 2.45) is 11.8 Å². The topological polar surface area (TPSA) is 12.0 Å². The maximum atomic E-state index is 4.28. The van der Waals surface area contributed by atoms with E-state index in [-0.39, 0.29) is 17.0 Å². The highest BCUT2D eigenvalue weighted by atomic mass is 79.9. The van der Waals surface area contributed by atoms with E-state index in [9.17, 15) is 0 Å². The van der Waals surface area contributed by atoms with Crippen LogP contribution >= 0.6 is 17.0 Å². The van der Waals surface area contributed by atoms with E-state index < -0.39 is 0 Å². The molecule has 0 atom stereocenters. The van der Waals surface area contributed by atoms with Gasteiger partial charge in [0, 0.05) is 11.1 Å². The normalized spacial score (nSPS) is 25.5. The van der Waals surface area contributed by atoms with E-state index >= 15 is 0 Å². The van der Waals surface area contributed by atoms with E-state index in [1.54, 1.807) is 0 Å². The minimum Gasteiger partial charge on any atom is -0.305 e. The fraction of sp³-hybridized carbons (Fsp3) is 1.00. The van der Waals surface area contributed by atoms with Gasteiger partial charge in [0.1, 0.15) is 0 Å². The lowest BCUT2D eigenvalue weighted by Gasteiger charge is -2.53. The average molecular weight is 346 g/mol. The van der Waals surface area contributed by atoms with E-state index in [0.717, 1.165) is 11.8 Å². The van der Waals surface area contributed by atoms with Crippen molar-refractivity contribution in [2.45, 2.75) is 103 Å². The molecule has 0 aromatic rings. The molecule has 0 radical (unpaired) electrons. The smallest absolute Gasteiger partial charge is 0.0209 e. The number of hydrogen-bond donors (Lipinski definition) is 1. The summed E-state index contributed by atoms with van der Waals surface area (Å²) >= 11 is 0. The second kappa shape index (κ2) is 7.63. The van der Waals surface area contributed by atoms with Crippen LogP contribution in [0.3, 0.4) is 0 Å². The minimum atomic E-state index is 0. The molecule has 0 heterocycles. The summed E-state index contributed by atoms with van der Waals surface area (Å²) in [5.74, 6) is 1.54. The Morgan fingerprint density at radius 2 is 0.900 bits per heavy atom. The van der Waals surface area contributed by atoms with Crippen LogP contribution in [0.15, 0.2) is 0 Å². The van der Waals surface area contributed by atoms with Gasteiger partial charge in [-0.25, -0.2) is 0 Å². The van der Waals surface area contributed by atoms with Gasteiger partial charge in [-0.05, 0) is 37.5 Å². The van der Waals surface area contributed by atoms with Crippen LogP contribution in [0.5, 0.6) is 0 Å². The highest BCUT2D eigenvalue weighted by molar-refractivity contribution is 8.93. The minimum absolute atomic E-state index is 0. The first-order valence-corrected chi connectivity index (χ1v) is 8.80. The van der Waals surface area contributed by atoms with Crippen molar-refractivity contribution in [3.05, 3.63) is 0 Å². The zero-order chi connectivity index (χ0) is 13.9. The number of rotatable bonds is 4. The molecule has 2 rings (SSSR count). The van der Waals surface area contributed by atoms with Gasteiger partial charge in [-0.3, -0.25) is 0 Å². The molecule has 0 bridgehead atoms. The molecule has 0 unspecified atom stereocenters. The van der Waals surface area contributed by atoms with Crippen molar-refractivity contribution in [1.29, 1.82) is 0 Å². The third-order valence-electron chi connectivity index (χ3n) is 6.20. The summed E-state index contributed by atoms with van der Waals surface area (Å²) in [7, 11) is 0. The van der Waals surface area contributed by atoms with Crippen molar-refractivity contribution in [3.63, 3.8) is 0 Å². The van der Waals surface area contributed by atoms with Gasteiger partial charge in [-0.15, -0.1) is 17.0 Å². The molecule has 20 heavy (non-hydrogen) atoms. The first-order chi connectivity index (χ1) is 9.01. The largest absolute Gasteiger partial charge is 0.305 e. The molecule has 2 aliphatic rings. The van der Waals surface area contributed by atoms with Gasteiger partial charge < -0.3 is 5.32 Å². The van der Waals surface area contributed by atoms with Gasteiger partial charge in [0.05, 0.1) is 0 Å². The number of halogens is 1. The molecule has 2 heteroatoms. The molecule has 2 saturated carbocycles. The lowest BCUT2D eigenvalue weighted by molar-refractivity contribution is 0.0569. The van der Waals surface area contributed by atoms with E-state index in [1.165, 1.54) is 64.2 Å². The van der Waals surface area contributed by atoms with Crippen LogP contribution in [0.2, 0.25) is 0 Å². The predicted octanol–water partition coefficient (Wildman–Crippen LogP) is 5.87. The first kappa shape index (κ1) is 18.5. The Morgan fingerprint density at radius 3 is 1.15 bits per heavy atom. The summed E-state index contributed by atoms with van der Waals surface area (Å²) in [6, 6.07) is 0. The third-order valence-corrected chi connectivity index (χ3v) is 6.20. The van der Waals surface area contributed by atoms with Crippen molar-refractivity contribution < 1.29 is 0 Å². The molecule has 0 amide bonds. The Morgan fingerprint density at radius 1 is 0.600 bits per heavy atom. The van der Waals surface area contributed by atoms with Crippen molar-refractivity contribution in [2.75, 3.05) is 0 Å². The fourth-order valence-corrected chi connectivity index (χ4v) is 4.55. The molecule has 0 spiro atoms. The monoisotopic (exact) mass is 345 g/mol. The average Bonchev–Trinajstić information content (AvgIpc) is 2.40. The maximum absolute atomic E-state index is 4.28. The van der Waals surface area contributed by atoms with Crippen LogP contribution in [0.25, 0.3) is 0 Å². The van der Waals surface area contributed by atoms with Crippen LogP contribution in [0.1, 0.15) is 91.9 Å². The molecule has 120 valence electrons. The predicted molar refractivity (Wildman–Crippen MR) is 94.8 cm³/mol. The number of hydrogen-bond acceptors (Lipinski definition) is 1. The Labute approximate surface area is 137 Å². The van der Waals surface area contributed by atoms with Crippen molar-refractivity contribution in [1.82, 2.24) is 5.32 Å². The van der Waals surface area contributed by atoms with Crippen molar-refractivity contribution >= 4 is 17.0 Å². The molecule has 1 nitrogen and oxygen atoms in total. The zero-order valence-corrected chi connectivity index (χ0v) is 15.8. The SMILES string of the molecule is Br.CC(C)C1(NC2(C(C)C)CCCCC2)CCCCC1. The summed E-state index contributed by atoms with van der Waals surface area (Å²) in [6.45, 7) is 9.76. The van der Waals surface area contributed by atoms with Gasteiger partial charge in [0.15, 0.2) is 0 Å². The van der Waals surface area contributed by atoms with Crippen LogP contribution < -0.4 is 5.32 Å². The highest BCUT2D eigenvalue weighted by Gasteiger charge is 2.44. The summed E-state index contributed by atoms with van der Waals surface area (Å²) in [6.07, 6.45) is 14.2. The fourth-order valence-electron chi connectivity index (χ4n) is 4.55. The molecule has 0 aromatic carbocycles. The lowest BCUT2D eigenvalue weighted by atomic mass is 9.67. The van der Waals surface area contributed by atoms with E-state index in [4.69, 9.17) is 0 Å². The highest BCUT2D eigenvalue weighted by Crippen LogP contribution is 2.42. The van der Waals surface area contributed by atoms with E-state index in [0.29, 0.717) is 11.1 Å². The second-order valence-electron chi connectivity index (χ2n) is 7.87. The molecule has 0 aliphatic heterocycles. The summed E-state index contributed by atoms with van der Waals surface area (Å²) < 4.78 is 0. The van der Waals surface area contributed by atoms with Gasteiger partial charge in [0.25, 0.3) is 0 Å². The second-order valence-corrected chi connectivity index (χ2v) is 7.87. The van der Waals surface area contributed by atoms with Crippen molar-refractivity contribution in [3.8, 4) is 0 Å². The zero-order valence-electron chi connectivity index (χ0n) is 14.1. The molecular weight excluding hydrogens is 310 g/mol. The quantitative estimate of drug-likeness (QED) is 0.671. The molecule has 0 aromatic heterocycles. The molecule has 0 saturated heterocycles. The van der Waals surface area contributed by atoms with Gasteiger partial charge in [-0.2, -0.15) is 0 Å². The Balaban J connectivity index is 0.00000200. The Bertz CT molecular complexity index is 245. The van der Waals surface area contributed by atoms with E-state index in [1.807, 2.05) is 0 Å². The molecule has 2 fully saturated rings. The number of nitrogens with one attached hydrogen (secondary N) is 1. The van der Waals surface area contributed by atoms with Gasteiger partial charge in [0.2, 0.25) is 0 Å². The summed E-state index contributed by atoms with van der Waals surface area (Å²) in [4.78, 5) is 0. The molecule has 2 aliphatic carbocycles. The van der Waals surface area contributed by atoms with Crippen LogP contribution in [-0.4, -0.2) is 11.1 Å². The Kier molecular flexibility index (Phi) is 7.05. The lowest BCUT2D eigenvalue weighted by Crippen LogP contribution is -2.63. The van der Waals surface area contributed by atoms with Gasteiger partial charge >= 0.3 is 0 Å².